The second-order valence-corrected chi connectivity index (χ2v) is 11.6. The van der Waals surface area contributed by atoms with Crippen molar-refractivity contribution in [2.24, 2.45) is 5.92 Å². The number of rotatable bonds is 7. The maximum absolute atomic E-state index is 10.5. The molecule has 2 aliphatic rings. The van der Waals surface area contributed by atoms with Crippen LogP contribution in [0.2, 0.25) is 0 Å². The molecule has 0 amide bonds. The van der Waals surface area contributed by atoms with Gasteiger partial charge < -0.3 is 20.5 Å². The van der Waals surface area contributed by atoms with Gasteiger partial charge in [-0.05, 0) is 78.2 Å². The van der Waals surface area contributed by atoms with Crippen molar-refractivity contribution in [2.75, 3.05) is 17.7 Å². The molecule has 3 N–H and O–H groups in total. The number of pyridine rings is 1. The van der Waals surface area contributed by atoms with Crippen molar-refractivity contribution in [1.29, 1.82) is 0 Å². The van der Waals surface area contributed by atoms with Gasteiger partial charge in [-0.2, -0.15) is 4.98 Å². The molecule has 8 nitrogen and oxygen atoms in total. The lowest BCUT2D eigenvalue weighted by Crippen LogP contribution is -2.31. The molecule has 2 saturated carbocycles. The fraction of sp³-hybridized carbons (Fsp3) is 0.615. The maximum atomic E-state index is 10.5. The zero-order valence-electron chi connectivity index (χ0n) is 21.3. The van der Waals surface area contributed by atoms with Crippen LogP contribution in [0.1, 0.15) is 63.8 Å². The van der Waals surface area contributed by atoms with E-state index in [0.29, 0.717) is 5.95 Å². The number of nitrogens with one attached hydrogen (secondary N) is 2. The average molecular weight is 497 g/mol. The number of fused-ring (bicyclic) bond motifs is 1. The van der Waals surface area contributed by atoms with E-state index in [1.54, 1.807) is 18.4 Å². The molecule has 35 heavy (non-hydrogen) atoms. The predicted molar refractivity (Wildman–Crippen MR) is 141 cm³/mol. The number of nitrogens with zero attached hydrogens (tertiary/aromatic N) is 4. The number of aromatic nitrogens is 4. The SMILES string of the molecule is CO[C@@H]1CCC[C@@H]1Nc1nc(C)c(-c2nc3c(C)nccc3s2)c(N[C@H]2CC[C@@H](C(C)(C)O)C2)n1. The lowest BCUT2D eigenvalue weighted by Gasteiger charge is -2.26. The van der Waals surface area contributed by atoms with Crippen molar-refractivity contribution in [3.8, 4) is 10.6 Å². The largest absolute Gasteiger partial charge is 0.390 e. The Bertz CT molecular complexity index is 1210. The number of ether oxygens (including phenoxy) is 1. The number of anilines is 2. The summed E-state index contributed by atoms with van der Waals surface area (Å²) in [5, 5.41) is 18.7. The predicted octanol–water partition coefficient (Wildman–Crippen LogP) is 5.10. The van der Waals surface area contributed by atoms with E-state index in [0.717, 1.165) is 76.5 Å². The molecule has 3 aromatic rings. The summed E-state index contributed by atoms with van der Waals surface area (Å²) in [6, 6.07) is 2.46. The second kappa shape index (κ2) is 9.59. The van der Waals surface area contributed by atoms with Crippen molar-refractivity contribution >= 4 is 33.3 Å². The summed E-state index contributed by atoms with van der Waals surface area (Å²) in [6.45, 7) is 7.84. The molecule has 2 fully saturated rings. The van der Waals surface area contributed by atoms with Crippen molar-refractivity contribution in [3.63, 3.8) is 0 Å². The van der Waals surface area contributed by atoms with Gasteiger partial charge in [0.1, 0.15) is 16.3 Å². The molecular weight excluding hydrogens is 460 g/mol. The molecule has 5 rings (SSSR count). The van der Waals surface area contributed by atoms with Gasteiger partial charge in [-0.1, -0.05) is 0 Å². The zero-order valence-corrected chi connectivity index (χ0v) is 22.1. The van der Waals surface area contributed by atoms with Gasteiger partial charge in [-0.3, -0.25) is 4.98 Å². The lowest BCUT2D eigenvalue weighted by molar-refractivity contribution is 0.0197. The van der Waals surface area contributed by atoms with Crippen molar-refractivity contribution in [3.05, 3.63) is 23.7 Å². The van der Waals surface area contributed by atoms with Gasteiger partial charge in [-0.15, -0.1) is 11.3 Å². The quantitative estimate of drug-likeness (QED) is 0.415. The van der Waals surface area contributed by atoms with Gasteiger partial charge in [0, 0.05) is 19.3 Å². The van der Waals surface area contributed by atoms with E-state index in [1.165, 1.54) is 0 Å². The third kappa shape index (κ3) is 4.99. The van der Waals surface area contributed by atoms with E-state index in [-0.39, 0.29) is 24.1 Å². The van der Waals surface area contributed by atoms with E-state index in [2.05, 4.69) is 15.6 Å². The molecule has 9 heteroatoms. The first-order valence-electron chi connectivity index (χ1n) is 12.6. The molecule has 0 radical (unpaired) electrons. The molecule has 3 heterocycles. The van der Waals surface area contributed by atoms with Crippen LogP contribution in [0.15, 0.2) is 12.3 Å². The van der Waals surface area contributed by atoms with Crippen LogP contribution in [-0.4, -0.2) is 55.9 Å². The van der Waals surface area contributed by atoms with Gasteiger partial charge in [0.25, 0.3) is 0 Å². The molecule has 0 aliphatic heterocycles. The Morgan fingerprint density at radius 1 is 1.06 bits per heavy atom. The highest BCUT2D eigenvalue weighted by atomic mass is 32.1. The number of hydrogen-bond acceptors (Lipinski definition) is 9. The standard InChI is InChI=1S/C26H36N6O2S/c1-14-21(24-31-22-15(2)27-12-11-20(22)35-24)23(29-17-10-9-16(13-17)26(3,4)33)32-25(28-14)30-18-7-6-8-19(18)34-5/h11-12,16-19,33H,6-10,13H2,1-5H3,(H2,28,29,30,32)/t16-,17+,18+,19-/m1/s1. The van der Waals surface area contributed by atoms with Crippen molar-refractivity contribution in [1.82, 2.24) is 19.9 Å². The van der Waals surface area contributed by atoms with Gasteiger partial charge in [-0.25, -0.2) is 9.97 Å². The minimum Gasteiger partial charge on any atom is -0.390 e. The highest BCUT2D eigenvalue weighted by molar-refractivity contribution is 7.21. The highest BCUT2D eigenvalue weighted by Gasteiger charge is 2.35. The molecule has 188 valence electrons. The number of aryl methyl sites for hydroxylation is 2. The Kier molecular flexibility index (Phi) is 6.67. The van der Waals surface area contributed by atoms with Crippen LogP contribution in [0.4, 0.5) is 11.8 Å². The minimum absolute atomic E-state index is 0.178. The summed E-state index contributed by atoms with van der Waals surface area (Å²) in [6.07, 6.45) is 8.15. The maximum Gasteiger partial charge on any atom is 0.225 e. The van der Waals surface area contributed by atoms with Crippen LogP contribution in [-0.2, 0) is 4.74 Å². The van der Waals surface area contributed by atoms with Crippen LogP contribution < -0.4 is 10.6 Å². The zero-order chi connectivity index (χ0) is 24.7. The Labute approximate surface area is 211 Å². The van der Waals surface area contributed by atoms with E-state index in [1.807, 2.05) is 40.0 Å². The number of aliphatic hydroxyl groups is 1. The fourth-order valence-electron chi connectivity index (χ4n) is 5.57. The third-order valence-corrected chi connectivity index (χ3v) is 8.67. The van der Waals surface area contributed by atoms with Crippen molar-refractivity contribution in [2.45, 2.75) is 90.0 Å². The normalized spacial score (nSPS) is 24.9. The minimum atomic E-state index is -0.678. The Hall–Kier alpha value is -2.36. The summed E-state index contributed by atoms with van der Waals surface area (Å²) in [5.74, 6) is 1.69. The monoisotopic (exact) mass is 496 g/mol. The summed E-state index contributed by atoms with van der Waals surface area (Å²) in [5.41, 5.74) is 3.00. The molecule has 4 atom stereocenters. The van der Waals surface area contributed by atoms with Crippen LogP contribution in [0.3, 0.4) is 0 Å². The van der Waals surface area contributed by atoms with Gasteiger partial charge in [0.15, 0.2) is 0 Å². The molecule has 0 saturated heterocycles. The Morgan fingerprint density at radius 3 is 2.60 bits per heavy atom. The smallest absolute Gasteiger partial charge is 0.225 e. The first-order chi connectivity index (χ1) is 16.7. The second-order valence-electron chi connectivity index (χ2n) is 10.6. The molecule has 3 aromatic heterocycles. The van der Waals surface area contributed by atoms with Crippen molar-refractivity contribution < 1.29 is 9.84 Å². The average Bonchev–Trinajstić information content (AvgIpc) is 3.53. The Morgan fingerprint density at radius 2 is 1.89 bits per heavy atom. The first kappa shape index (κ1) is 24.3. The number of methoxy groups -OCH3 is 1. The third-order valence-electron chi connectivity index (χ3n) is 7.64. The van der Waals surface area contributed by atoms with E-state index in [9.17, 15) is 5.11 Å². The molecule has 0 spiro atoms. The summed E-state index contributed by atoms with van der Waals surface area (Å²) in [7, 11) is 1.77. The van der Waals surface area contributed by atoms with E-state index in [4.69, 9.17) is 19.7 Å². The molecule has 2 aliphatic carbocycles. The van der Waals surface area contributed by atoms with Crippen LogP contribution >= 0.6 is 11.3 Å². The van der Waals surface area contributed by atoms with Gasteiger partial charge in [0.2, 0.25) is 5.95 Å². The first-order valence-corrected chi connectivity index (χ1v) is 13.4. The fourth-order valence-corrected chi connectivity index (χ4v) is 6.68. The molecule has 0 bridgehead atoms. The van der Waals surface area contributed by atoms with Crippen LogP contribution in [0.25, 0.3) is 20.8 Å². The summed E-state index contributed by atoms with van der Waals surface area (Å²) in [4.78, 5) is 19.2. The topological polar surface area (TPSA) is 105 Å². The molecular formula is C26H36N6O2S. The summed E-state index contributed by atoms with van der Waals surface area (Å²) >= 11 is 1.65. The van der Waals surface area contributed by atoms with E-state index >= 15 is 0 Å². The van der Waals surface area contributed by atoms with Gasteiger partial charge in [0.05, 0.1) is 39.4 Å². The van der Waals surface area contributed by atoms with E-state index < -0.39 is 5.60 Å². The molecule has 0 aromatic carbocycles. The van der Waals surface area contributed by atoms with Crippen LogP contribution in [0, 0.1) is 19.8 Å². The summed E-state index contributed by atoms with van der Waals surface area (Å²) < 4.78 is 6.78. The number of hydrogen-bond donors (Lipinski definition) is 3. The molecule has 0 unspecified atom stereocenters. The van der Waals surface area contributed by atoms with Gasteiger partial charge >= 0.3 is 0 Å². The van der Waals surface area contributed by atoms with Crippen LogP contribution in [0.5, 0.6) is 0 Å². The lowest BCUT2D eigenvalue weighted by atomic mass is 9.89. The highest BCUT2D eigenvalue weighted by Crippen LogP contribution is 2.40. The number of thiazole rings is 1. The Balaban J connectivity index is 1.51.